The Morgan fingerprint density at radius 3 is 2.46 bits per heavy atom. The minimum absolute atomic E-state index is 0.0589. The Bertz CT molecular complexity index is 612. The number of carbonyl (C=O) groups excluding carboxylic acids is 2. The van der Waals surface area contributed by atoms with Gasteiger partial charge in [0.1, 0.15) is 5.60 Å². The number of nitrogens with one attached hydrogen (secondary N) is 1. The number of rotatable bonds is 4. The normalized spacial score (nSPS) is 21.8. The van der Waals surface area contributed by atoms with Crippen molar-refractivity contribution in [3.8, 4) is 0 Å². The highest BCUT2D eigenvalue weighted by atomic mass is 16.6. The molecule has 1 aliphatic heterocycles. The molecule has 0 bridgehead atoms. The summed E-state index contributed by atoms with van der Waals surface area (Å²) in [5.41, 5.74) is 0.597. The zero-order chi connectivity index (χ0) is 19.3. The molecule has 6 nitrogen and oxygen atoms in total. The van der Waals surface area contributed by atoms with E-state index < -0.39 is 11.5 Å². The van der Waals surface area contributed by atoms with Gasteiger partial charge in [-0.25, -0.2) is 4.79 Å². The van der Waals surface area contributed by atoms with Crippen molar-refractivity contribution in [2.45, 2.75) is 51.8 Å². The van der Waals surface area contributed by atoms with Crippen LogP contribution in [0.4, 0.5) is 4.79 Å². The fraction of sp³-hybridized carbons (Fsp3) is 0.600. The van der Waals surface area contributed by atoms with Crippen LogP contribution in [0.2, 0.25) is 0 Å². The van der Waals surface area contributed by atoms with Crippen LogP contribution < -0.4 is 5.32 Å². The third-order valence-corrected chi connectivity index (χ3v) is 4.53. The molecule has 2 rings (SSSR count). The van der Waals surface area contributed by atoms with Gasteiger partial charge in [0.25, 0.3) is 0 Å². The van der Waals surface area contributed by atoms with Crippen LogP contribution in [-0.4, -0.2) is 48.8 Å². The molecular formula is C20H30N2O4. The molecule has 1 aromatic carbocycles. The summed E-state index contributed by atoms with van der Waals surface area (Å²) in [7, 11) is 1.38. The smallest absolute Gasteiger partial charge is 0.410 e. The van der Waals surface area contributed by atoms with Gasteiger partial charge in [0.05, 0.1) is 13.0 Å². The van der Waals surface area contributed by atoms with Gasteiger partial charge in [-0.1, -0.05) is 30.3 Å². The van der Waals surface area contributed by atoms with Crippen molar-refractivity contribution >= 4 is 12.1 Å². The largest absolute Gasteiger partial charge is 0.469 e. The molecule has 0 radical (unpaired) electrons. The third-order valence-electron chi connectivity index (χ3n) is 4.53. The molecule has 3 atom stereocenters. The first kappa shape index (κ1) is 20.2. The Morgan fingerprint density at radius 1 is 1.23 bits per heavy atom. The van der Waals surface area contributed by atoms with Crippen LogP contribution >= 0.6 is 0 Å². The maximum Gasteiger partial charge on any atom is 0.410 e. The molecule has 144 valence electrons. The molecule has 1 aromatic rings. The van der Waals surface area contributed by atoms with Crippen molar-refractivity contribution in [3.05, 3.63) is 35.9 Å². The van der Waals surface area contributed by atoms with Gasteiger partial charge in [0, 0.05) is 25.2 Å². The fourth-order valence-corrected chi connectivity index (χ4v) is 3.19. The first-order chi connectivity index (χ1) is 12.2. The number of methoxy groups -OCH3 is 1. The topological polar surface area (TPSA) is 67.9 Å². The number of carbonyl (C=O) groups is 2. The second kappa shape index (κ2) is 8.54. The average Bonchev–Trinajstić information content (AvgIpc) is 2.60. The molecule has 1 unspecified atom stereocenters. The molecule has 1 fully saturated rings. The second-order valence-electron chi connectivity index (χ2n) is 7.75. The Kier molecular flexibility index (Phi) is 6.64. The monoisotopic (exact) mass is 362 g/mol. The number of benzene rings is 1. The molecule has 1 heterocycles. The zero-order valence-corrected chi connectivity index (χ0v) is 16.3. The minimum atomic E-state index is -0.561. The summed E-state index contributed by atoms with van der Waals surface area (Å²) >= 11 is 0. The van der Waals surface area contributed by atoms with Crippen LogP contribution in [0.5, 0.6) is 0 Å². The Labute approximate surface area is 155 Å². The SMILES string of the molecule is COC(=O)[C@@H]1CN(C(=O)OC(C)(C)C)CC[C@@H]1NC(C)c1ccccc1. The van der Waals surface area contributed by atoms with E-state index in [1.54, 1.807) is 4.90 Å². The van der Waals surface area contributed by atoms with E-state index in [0.29, 0.717) is 19.5 Å². The first-order valence-electron chi connectivity index (χ1n) is 9.08. The van der Waals surface area contributed by atoms with Crippen molar-refractivity contribution < 1.29 is 19.1 Å². The molecule has 0 aromatic heterocycles. The molecule has 1 aliphatic rings. The van der Waals surface area contributed by atoms with Crippen molar-refractivity contribution in [3.63, 3.8) is 0 Å². The lowest BCUT2D eigenvalue weighted by Gasteiger charge is -2.39. The summed E-state index contributed by atoms with van der Waals surface area (Å²) in [5, 5.41) is 3.53. The van der Waals surface area contributed by atoms with E-state index in [1.807, 2.05) is 39.0 Å². The number of likely N-dealkylation sites (tertiary alicyclic amines) is 1. The minimum Gasteiger partial charge on any atom is -0.469 e. The van der Waals surface area contributed by atoms with Crippen LogP contribution in [0, 0.1) is 5.92 Å². The van der Waals surface area contributed by atoms with Crippen LogP contribution in [0.15, 0.2) is 30.3 Å². The van der Waals surface area contributed by atoms with Crippen LogP contribution in [0.25, 0.3) is 0 Å². The molecular weight excluding hydrogens is 332 g/mol. The molecule has 6 heteroatoms. The van der Waals surface area contributed by atoms with Crippen molar-refractivity contribution in [1.29, 1.82) is 0 Å². The maximum atomic E-state index is 12.4. The van der Waals surface area contributed by atoms with Crippen molar-refractivity contribution in [2.24, 2.45) is 5.92 Å². The van der Waals surface area contributed by atoms with Crippen LogP contribution in [-0.2, 0) is 14.3 Å². The molecule has 0 spiro atoms. The summed E-state index contributed by atoms with van der Waals surface area (Å²) in [6.07, 6.45) is 0.275. The lowest BCUT2D eigenvalue weighted by molar-refractivity contribution is -0.148. The van der Waals surface area contributed by atoms with E-state index >= 15 is 0 Å². The second-order valence-corrected chi connectivity index (χ2v) is 7.75. The molecule has 0 saturated carbocycles. The quantitative estimate of drug-likeness (QED) is 0.834. The lowest BCUT2D eigenvalue weighted by Crippen LogP contribution is -2.55. The van der Waals surface area contributed by atoms with Gasteiger partial charge < -0.3 is 19.7 Å². The highest BCUT2D eigenvalue weighted by Crippen LogP contribution is 2.24. The van der Waals surface area contributed by atoms with E-state index in [2.05, 4.69) is 24.4 Å². The highest BCUT2D eigenvalue weighted by Gasteiger charge is 2.38. The summed E-state index contributed by atoms with van der Waals surface area (Å²) in [4.78, 5) is 26.3. The number of ether oxygens (including phenoxy) is 2. The maximum absolute atomic E-state index is 12.4. The molecule has 1 amide bonds. The summed E-state index contributed by atoms with van der Waals surface area (Å²) < 4.78 is 10.4. The standard InChI is InChI=1S/C20H30N2O4/c1-14(15-9-7-6-8-10-15)21-17-11-12-22(13-16(17)18(23)25-5)19(24)26-20(2,3)4/h6-10,14,16-17,21H,11-13H2,1-5H3/t14?,16-,17+/m1/s1. The number of nitrogens with zero attached hydrogens (tertiary/aromatic N) is 1. The van der Waals surface area contributed by atoms with E-state index in [9.17, 15) is 9.59 Å². The molecule has 1 N–H and O–H groups in total. The summed E-state index contributed by atoms with van der Waals surface area (Å²) in [5.74, 6) is -0.733. The third kappa shape index (κ3) is 5.46. The molecule has 1 saturated heterocycles. The Balaban J connectivity index is 2.06. The molecule has 0 aliphatic carbocycles. The van der Waals surface area contributed by atoms with Gasteiger partial charge >= 0.3 is 12.1 Å². The van der Waals surface area contributed by atoms with Gasteiger partial charge in [-0.3, -0.25) is 4.79 Å². The van der Waals surface area contributed by atoms with E-state index in [4.69, 9.17) is 9.47 Å². The van der Waals surface area contributed by atoms with Gasteiger partial charge in [-0.05, 0) is 39.7 Å². The van der Waals surface area contributed by atoms with Crippen molar-refractivity contribution in [1.82, 2.24) is 10.2 Å². The summed E-state index contributed by atoms with van der Waals surface area (Å²) in [6, 6.07) is 10.1. The number of hydrogen-bond donors (Lipinski definition) is 1. The van der Waals surface area contributed by atoms with Gasteiger partial charge in [-0.15, -0.1) is 0 Å². The number of hydrogen-bond acceptors (Lipinski definition) is 5. The van der Waals surface area contributed by atoms with E-state index in [0.717, 1.165) is 5.56 Å². The Morgan fingerprint density at radius 2 is 1.88 bits per heavy atom. The zero-order valence-electron chi connectivity index (χ0n) is 16.3. The fourth-order valence-electron chi connectivity index (χ4n) is 3.19. The number of amides is 1. The van der Waals surface area contributed by atoms with E-state index in [-0.39, 0.29) is 24.1 Å². The van der Waals surface area contributed by atoms with Crippen LogP contribution in [0.3, 0.4) is 0 Å². The van der Waals surface area contributed by atoms with Gasteiger partial charge in [-0.2, -0.15) is 0 Å². The predicted octanol–water partition coefficient (Wildman–Crippen LogP) is 3.14. The summed E-state index contributed by atoms with van der Waals surface area (Å²) in [6.45, 7) is 8.40. The number of esters is 1. The molecule has 26 heavy (non-hydrogen) atoms. The van der Waals surface area contributed by atoms with Crippen molar-refractivity contribution in [2.75, 3.05) is 20.2 Å². The van der Waals surface area contributed by atoms with E-state index in [1.165, 1.54) is 7.11 Å². The predicted molar refractivity (Wildman–Crippen MR) is 99.7 cm³/mol. The highest BCUT2D eigenvalue weighted by molar-refractivity contribution is 5.75. The number of piperidine rings is 1. The first-order valence-corrected chi connectivity index (χ1v) is 9.08. The van der Waals surface area contributed by atoms with Gasteiger partial charge in [0.15, 0.2) is 0 Å². The lowest BCUT2D eigenvalue weighted by atomic mass is 9.91. The van der Waals surface area contributed by atoms with Crippen LogP contribution in [0.1, 0.15) is 45.7 Å². The average molecular weight is 362 g/mol. The Hall–Kier alpha value is -2.08. The van der Waals surface area contributed by atoms with Gasteiger partial charge in [0.2, 0.25) is 0 Å².